The van der Waals surface area contributed by atoms with Gasteiger partial charge in [0.05, 0.1) is 0 Å². The maximum atomic E-state index is 2.48. The van der Waals surface area contributed by atoms with Crippen LogP contribution in [0.5, 0.6) is 0 Å². The Morgan fingerprint density at radius 3 is 2.57 bits per heavy atom. The predicted molar refractivity (Wildman–Crippen MR) is 64.3 cm³/mol. The van der Waals surface area contributed by atoms with Gasteiger partial charge in [-0.25, -0.2) is 0 Å². The lowest BCUT2D eigenvalue weighted by molar-refractivity contribution is 0.603. The zero-order chi connectivity index (χ0) is 10.7. The molecule has 1 rings (SSSR count). The van der Waals surface area contributed by atoms with Crippen molar-refractivity contribution in [2.75, 3.05) is 0 Å². The second-order valence-electron chi connectivity index (χ2n) is 4.93. The van der Waals surface area contributed by atoms with Crippen LogP contribution in [0.25, 0.3) is 0 Å². The summed E-state index contributed by atoms with van der Waals surface area (Å²) in [5.41, 5.74) is 4.87. The van der Waals surface area contributed by atoms with Gasteiger partial charge in [0, 0.05) is 0 Å². The largest absolute Gasteiger partial charge is 0.0779 e. The molecule has 0 unspecified atom stereocenters. The van der Waals surface area contributed by atoms with Crippen LogP contribution in [0.3, 0.4) is 0 Å². The molecule has 0 saturated carbocycles. The topological polar surface area (TPSA) is 0 Å². The quantitative estimate of drug-likeness (QED) is 0.606. The van der Waals surface area contributed by atoms with Crippen molar-refractivity contribution >= 4 is 0 Å². The van der Waals surface area contributed by atoms with Gasteiger partial charge in [0.25, 0.3) is 0 Å². The molecule has 0 aliphatic heterocycles. The first kappa shape index (κ1) is 11.6. The molecule has 14 heavy (non-hydrogen) atoms. The molecule has 0 bridgehead atoms. The Morgan fingerprint density at radius 1 is 1.43 bits per heavy atom. The highest BCUT2D eigenvalue weighted by atomic mass is 14.2. The minimum Gasteiger partial charge on any atom is -0.0779 e. The summed E-state index contributed by atoms with van der Waals surface area (Å²) < 4.78 is 0. The van der Waals surface area contributed by atoms with Crippen LogP contribution < -0.4 is 0 Å². The zero-order valence-electron chi connectivity index (χ0n) is 10.4. The molecule has 1 aliphatic rings. The fraction of sp³-hybridized carbons (Fsp3) is 0.714. The van der Waals surface area contributed by atoms with Gasteiger partial charge in [0.15, 0.2) is 0 Å². The minimum atomic E-state index is 0.720. The van der Waals surface area contributed by atoms with E-state index >= 15 is 0 Å². The van der Waals surface area contributed by atoms with E-state index in [4.69, 9.17) is 0 Å². The normalized spacial score (nSPS) is 23.0. The molecule has 80 valence electrons. The number of hydrogen-bond acceptors (Lipinski definition) is 0. The van der Waals surface area contributed by atoms with E-state index in [2.05, 4.69) is 40.7 Å². The molecular weight excluding hydrogens is 168 g/mol. The Bertz CT molecular complexity index is 253. The summed E-state index contributed by atoms with van der Waals surface area (Å²) >= 11 is 0. The third-order valence-corrected chi connectivity index (χ3v) is 3.21. The SMILES string of the molecule is CCCC1=C[C@@H](C)CC(C(C)C)=C1C. The minimum absolute atomic E-state index is 0.720. The average Bonchev–Trinajstić information content (AvgIpc) is 2.10. The van der Waals surface area contributed by atoms with Crippen LogP contribution in [-0.2, 0) is 0 Å². The number of allylic oxidation sites excluding steroid dienone is 4. The standard InChI is InChI=1S/C14H24/c1-6-7-13-8-11(4)9-14(10(2)3)12(13)5/h8,10-11H,6-7,9H2,1-5H3/t11-/m1/s1. The van der Waals surface area contributed by atoms with Crippen molar-refractivity contribution < 1.29 is 0 Å². The third kappa shape index (κ3) is 2.50. The van der Waals surface area contributed by atoms with Gasteiger partial charge in [-0.05, 0) is 42.7 Å². The van der Waals surface area contributed by atoms with Crippen LogP contribution in [0, 0.1) is 11.8 Å². The van der Waals surface area contributed by atoms with Crippen molar-refractivity contribution in [3.05, 3.63) is 22.8 Å². The van der Waals surface area contributed by atoms with Gasteiger partial charge in [0.2, 0.25) is 0 Å². The van der Waals surface area contributed by atoms with E-state index in [1.165, 1.54) is 19.3 Å². The fourth-order valence-electron chi connectivity index (χ4n) is 2.44. The second kappa shape index (κ2) is 4.82. The van der Waals surface area contributed by atoms with E-state index in [1.54, 1.807) is 16.7 Å². The van der Waals surface area contributed by atoms with Crippen LogP contribution in [0.4, 0.5) is 0 Å². The molecule has 0 amide bonds. The third-order valence-electron chi connectivity index (χ3n) is 3.21. The molecular formula is C14H24. The average molecular weight is 192 g/mol. The molecule has 0 aromatic carbocycles. The van der Waals surface area contributed by atoms with Crippen molar-refractivity contribution in [1.29, 1.82) is 0 Å². The van der Waals surface area contributed by atoms with Gasteiger partial charge in [-0.1, -0.05) is 45.8 Å². The van der Waals surface area contributed by atoms with E-state index in [9.17, 15) is 0 Å². The number of hydrogen-bond donors (Lipinski definition) is 0. The summed E-state index contributed by atoms with van der Waals surface area (Å²) in [7, 11) is 0. The summed E-state index contributed by atoms with van der Waals surface area (Å²) in [6.07, 6.45) is 6.27. The molecule has 0 N–H and O–H groups in total. The van der Waals surface area contributed by atoms with Gasteiger partial charge < -0.3 is 0 Å². The first-order chi connectivity index (χ1) is 6.56. The fourth-order valence-corrected chi connectivity index (χ4v) is 2.44. The Balaban J connectivity index is 2.93. The Morgan fingerprint density at radius 2 is 2.07 bits per heavy atom. The van der Waals surface area contributed by atoms with Gasteiger partial charge in [0.1, 0.15) is 0 Å². The van der Waals surface area contributed by atoms with Gasteiger partial charge in [-0.15, -0.1) is 0 Å². The molecule has 0 aromatic rings. The lowest BCUT2D eigenvalue weighted by atomic mass is 9.80. The van der Waals surface area contributed by atoms with Gasteiger partial charge >= 0.3 is 0 Å². The highest BCUT2D eigenvalue weighted by molar-refractivity contribution is 5.38. The molecule has 0 aromatic heterocycles. The summed E-state index contributed by atoms with van der Waals surface area (Å²) in [5, 5.41) is 0. The van der Waals surface area contributed by atoms with Crippen LogP contribution in [0.15, 0.2) is 22.8 Å². The Kier molecular flexibility index (Phi) is 3.97. The monoisotopic (exact) mass is 192 g/mol. The molecule has 0 fully saturated rings. The molecule has 0 heterocycles. The Hall–Kier alpha value is -0.520. The zero-order valence-corrected chi connectivity index (χ0v) is 10.4. The smallest absolute Gasteiger partial charge is 0.0218 e. The van der Waals surface area contributed by atoms with Crippen molar-refractivity contribution in [1.82, 2.24) is 0 Å². The van der Waals surface area contributed by atoms with E-state index < -0.39 is 0 Å². The highest BCUT2D eigenvalue weighted by Crippen LogP contribution is 2.34. The Labute approximate surface area is 89.1 Å². The summed E-state index contributed by atoms with van der Waals surface area (Å²) in [5.74, 6) is 1.47. The molecule has 0 nitrogen and oxygen atoms in total. The van der Waals surface area contributed by atoms with E-state index in [1.807, 2.05) is 0 Å². The molecule has 0 radical (unpaired) electrons. The maximum Gasteiger partial charge on any atom is -0.0218 e. The molecule has 0 spiro atoms. The summed E-state index contributed by atoms with van der Waals surface area (Å²) in [4.78, 5) is 0. The molecule has 1 aliphatic carbocycles. The van der Waals surface area contributed by atoms with E-state index in [0.717, 1.165) is 11.8 Å². The first-order valence-corrected chi connectivity index (χ1v) is 5.97. The lowest BCUT2D eigenvalue weighted by Crippen LogP contribution is -2.10. The summed E-state index contributed by atoms with van der Waals surface area (Å²) in [6, 6.07) is 0. The van der Waals surface area contributed by atoms with Crippen molar-refractivity contribution in [2.24, 2.45) is 11.8 Å². The number of rotatable bonds is 3. The molecule has 0 saturated heterocycles. The molecule has 0 heteroatoms. The first-order valence-electron chi connectivity index (χ1n) is 5.97. The van der Waals surface area contributed by atoms with Crippen molar-refractivity contribution in [3.8, 4) is 0 Å². The van der Waals surface area contributed by atoms with Crippen molar-refractivity contribution in [2.45, 2.75) is 53.9 Å². The van der Waals surface area contributed by atoms with Crippen LogP contribution >= 0.6 is 0 Å². The van der Waals surface area contributed by atoms with E-state index in [-0.39, 0.29) is 0 Å². The van der Waals surface area contributed by atoms with Gasteiger partial charge in [-0.2, -0.15) is 0 Å². The van der Waals surface area contributed by atoms with Crippen LogP contribution in [-0.4, -0.2) is 0 Å². The second-order valence-corrected chi connectivity index (χ2v) is 4.93. The van der Waals surface area contributed by atoms with Crippen molar-refractivity contribution in [3.63, 3.8) is 0 Å². The van der Waals surface area contributed by atoms with E-state index in [0.29, 0.717) is 0 Å². The summed E-state index contributed by atoms with van der Waals surface area (Å²) in [6.45, 7) is 11.6. The van der Waals surface area contributed by atoms with Crippen LogP contribution in [0.2, 0.25) is 0 Å². The maximum absolute atomic E-state index is 2.48. The van der Waals surface area contributed by atoms with Gasteiger partial charge in [-0.3, -0.25) is 0 Å². The predicted octanol–water partition coefficient (Wildman–Crippen LogP) is 4.73. The lowest BCUT2D eigenvalue weighted by Gasteiger charge is -2.26. The molecule has 1 atom stereocenters. The van der Waals surface area contributed by atoms with Crippen LogP contribution in [0.1, 0.15) is 53.9 Å². The highest BCUT2D eigenvalue weighted by Gasteiger charge is 2.18.